The summed E-state index contributed by atoms with van der Waals surface area (Å²) in [4.78, 5) is 9.22. The van der Waals surface area contributed by atoms with E-state index < -0.39 is 5.41 Å². The molecule has 0 saturated carbocycles. The van der Waals surface area contributed by atoms with E-state index in [1.54, 1.807) is 6.20 Å². The van der Waals surface area contributed by atoms with Crippen LogP contribution in [0.25, 0.3) is 49.9 Å². The molecular weight excluding hydrogens is 745 g/mol. The molecule has 0 aliphatic carbocycles. The van der Waals surface area contributed by atoms with Gasteiger partial charge in [-0.2, -0.15) is 0 Å². The predicted octanol–water partition coefficient (Wildman–Crippen LogP) is 15.1. The highest BCUT2D eigenvalue weighted by molar-refractivity contribution is 6.09. The molecule has 0 saturated heterocycles. The molecule has 2 aromatic heterocycles. The molecule has 0 radical (unpaired) electrons. The van der Waals surface area contributed by atoms with Crippen LogP contribution in [0.1, 0.15) is 60.9 Å². The second-order valence-electron chi connectivity index (χ2n) is 17.7. The van der Waals surface area contributed by atoms with Crippen molar-refractivity contribution < 1.29 is 13.0 Å². The van der Waals surface area contributed by atoms with Crippen LogP contribution in [0.3, 0.4) is 0 Å². The number of nitrogens with zero attached hydrogens (tertiary/aromatic N) is 4. The molecule has 0 bridgehead atoms. The Morgan fingerprint density at radius 2 is 1.18 bits per heavy atom. The second kappa shape index (κ2) is 14.9. The van der Waals surface area contributed by atoms with Gasteiger partial charge in [0.2, 0.25) is 0 Å². The second-order valence-corrected chi connectivity index (χ2v) is 17.7. The Morgan fingerprint density at radius 1 is 0.557 bits per heavy atom. The molecule has 10 rings (SSSR count). The van der Waals surface area contributed by atoms with Gasteiger partial charge in [-0.25, -0.2) is 4.98 Å². The fraction of sp³-hybridized carbons (Fsp3) is 0.161. The molecule has 0 atom stereocenters. The van der Waals surface area contributed by atoms with Crippen LogP contribution in [0.4, 0.5) is 22.7 Å². The third-order valence-corrected chi connectivity index (χ3v) is 11.4. The van der Waals surface area contributed by atoms with Crippen molar-refractivity contribution >= 4 is 44.6 Å². The lowest BCUT2D eigenvalue weighted by Crippen LogP contribution is -2.25. The fourth-order valence-corrected chi connectivity index (χ4v) is 8.28. The van der Waals surface area contributed by atoms with E-state index in [2.05, 4.69) is 93.8 Å². The lowest BCUT2D eigenvalue weighted by molar-refractivity contribution is 0.483. The molecule has 5 nitrogen and oxygen atoms in total. The molecule has 9 aromatic rings. The first-order valence-electron chi connectivity index (χ1n) is 23.7. The number of ether oxygens (including phenoxy) is 1. The number of hydrogen-bond acceptors (Lipinski definition) is 4. The van der Waals surface area contributed by atoms with Gasteiger partial charge in [-0.1, -0.05) is 139 Å². The Morgan fingerprint density at radius 3 is 1.85 bits per heavy atom. The van der Waals surface area contributed by atoms with Crippen molar-refractivity contribution in [2.45, 2.75) is 52.4 Å². The average molecular weight is 801 g/mol. The summed E-state index contributed by atoms with van der Waals surface area (Å²) in [6.07, 6.45) is 1.74. The molecule has 0 spiro atoms. The first-order valence-corrected chi connectivity index (χ1v) is 20.7. The van der Waals surface area contributed by atoms with E-state index in [-0.39, 0.29) is 29.6 Å². The van der Waals surface area contributed by atoms with Gasteiger partial charge < -0.3 is 14.5 Å². The minimum absolute atomic E-state index is 0.108. The Labute approximate surface area is 367 Å². The highest BCUT2D eigenvalue weighted by Crippen LogP contribution is 2.51. The van der Waals surface area contributed by atoms with Crippen LogP contribution >= 0.6 is 0 Å². The van der Waals surface area contributed by atoms with Gasteiger partial charge in [0.05, 0.1) is 36.3 Å². The molecule has 5 heteroatoms. The fourth-order valence-electron chi connectivity index (χ4n) is 8.28. The molecular formula is C56H50N4O. The summed E-state index contributed by atoms with van der Waals surface area (Å²) in [5.74, 6) is 1.64. The van der Waals surface area contributed by atoms with Gasteiger partial charge in [0.25, 0.3) is 0 Å². The highest BCUT2D eigenvalue weighted by atomic mass is 16.5. The van der Waals surface area contributed by atoms with Gasteiger partial charge in [-0.15, -0.1) is 0 Å². The van der Waals surface area contributed by atoms with Crippen molar-refractivity contribution in [2.75, 3.05) is 16.5 Å². The van der Waals surface area contributed by atoms with Gasteiger partial charge in [-0.05, 0) is 99.7 Å². The van der Waals surface area contributed by atoms with Crippen LogP contribution in [0, 0.1) is 0 Å². The lowest BCUT2D eigenvalue weighted by Gasteiger charge is -2.30. The molecule has 1 aliphatic rings. The summed E-state index contributed by atoms with van der Waals surface area (Å²) in [5, 5.41) is 1.08. The smallest absolute Gasteiger partial charge is 0.137 e. The van der Waals surface area contributed by atoms with Crippen molar-refractivity contribution in [2.24, 2.45) is 0 Å². The third-order valence-electron chi connectivity index (χ3n) is 11.4. The minimum atomic E-state index is -0.476. The number of anilines is 4. The number of hydrogen-bond donors (Lipinski definition) is 0. The maximum atomic E-state index is 9.88. The van der Waals surface area contributed by atoms with E-state index in [4.69, 9.17) is 15.2 Å². The SMILES string of the molecule is [2H]c1c(-c2ccccc2)c(N2CN(c3cccc(Oc4ccc5c6c([2H])c([2H])c([2H])c([2H])c6n(-c6cc(C(C)(C)C)ccn6)c5c4)c3)c3ccccc32)c(-c2ccccc2)c([2H])c1C(C)(C)C. The van der Waals surface area contributed by atoms with E-state index >= 15 is 0 Å². The molecule has 61 heavy (non-hydrogen) atoms. The van der Waals surface area contributed by atoms with Crippen molar-refractivity contribution in [3.8, 4) is 39.6 Å². The zero-order valence-corrected chi connectivity index (χ0v) is 35.3. The van der Waals surface area contributed by atoms with Crippen LogP contribution in [-0.4, -0.2) is 16.2 Å². The molecule has 0 amide bonds. The van der Waals surface area contributed by atoms with E-state index in [0.717, 1.165) is 50.6 Å². The highest BCUT2D eigenvalue weighted by Gasteiger charge is 2.32. The van der Waals surface area contributed by atoms with Crippen LogP contribution in [0.5, 0.6) is 11.5 Å². The minimum Gasteiger partial charge on any atom is -0.457 e. The standard InChI is InChI=1S/C56H50N4O/c1-55(2,3)40-30-31-57-53(34-40)60-49-25-14-13-24-45(49)46-29-28-44(36-52(46)60)61-43-23-17-22-42(35-43)58-37-59(51-27-16-15-26-50(51)58)54-47(38-18-9-7-10-19-38)32-41(56(4,5)6)33-48(54)39-20-11-8-12-21-39/h7-36H,37H2,1-6H3/i13D,14D,24D,25D,32D,33D. The summed E-state index contributed by atoms with van der Waals surface area (Å²) >= 11 is 0. The monoisotopic (exact) mass is 800 g/mol. The van der Waals surface area contributed by atoms with Crippen LogP contribution in [0.15, 0.2) is 182 Å². The molecule has 3 heterocycles. The summed E-state index contributed by atoms with van der Waals surface area (Å²) in [6, 6.07) is 45.7. The molecule has 0 unspecified atom stereocenters. The van der Waals surface area contributed by atoms with Crippen molar-refractivity contribution in [3.05, 3.63) is 193 Å². The first-order chi connectivity index (χ1) is 32.0. The number of pyridine rings is 1. The van der Waals surface area contributed by atoms with Gasteiger partial charge in [0.15, 0.2) is 0 Å². The summed E-state index contributed by atoms with van der Waals surface area (Å²) in [7, 11) is 0. The van der Waals surface area contributed by atoms with Gasteiger partial charge in [-0.3, -0.25) is 4.57 Å². The number of fused-ring (bicyclic) bond motifs is 4. The number of para-hydroxylation sites is 3. The summed E-state index contributed by atoms with van der Waals surface area (Å²) < 4.78 is 63.4. The normalized spacial score (nSPS) is 14.3. The maximum Gasteiger partial charge on any atom is 0.137 e. The van der Waals surface area contributed by atoms with E-state index in [1.165, 1.54) is 0 Å². The summed E-state index contributed by atoms with van der Waals surface area (Å²) in [6.45, 7) is 13.0. The lowest BCUT2D eigenvalue weighted by atomic mass is 9.82. The largest absolute Gasteiger partial charge is 0.457 e. The molecule has 0 fully saturated rings. The average Bonchev–Trinajstić information content (AvgIpc) is 3.86. The first kappa shape index (κ1) is 31.8. The number of benzene rings is 7. The number of aromatic nitrogens is 2. The molecule has 1 aliphatic heterocycles. The Kier molecular flexibility index (Phi) is 7.74. The maximum absolute atomic E-state index is 9.88. The zero-order valence-electron chi connectivity index (χ0n) is 41.3. The predicted molar refractivity (Wildman–Crippen MR) is 255 cm³/mol. The molecule has 7 aromatic carbocycles. The van der Waals surface area contributed by atoms with E-state index in [9.17, 15) is 2.74 Å². The van der Waals surface area contributed by atoms with Gasteiger partial charge in [0, 0.05) is 45.9 Å². The number of rotatable bonds is 7. The van der Waals surface area contributed by atoms with Crippen molar-refractivity contribution in [3.63, 3.8) is 0 Å². The van der Waals surface area contributed by atoms with Gasteiger partial charge >= 0.3 is 0 Å². The van der Waals surface area contributed by atoms with E-state index in [1.807, 2.05) is 102 Å². The Bertz CT molecular complexity index is 3350. The zero-order chi connectivity index (χ0) is 47.1. The van der Waals surface area contributed by atoms with Gasteiger partial charge in [0.1, 0.15) is 24.0 Å². The molecule has 0 N–H and O–H groups in total. The van der Waals surface area contributed by atoms with Crippen LogP contribution in [-0.2, 0) is 10.8 Å². The van der Waals surface area contributed by atoms with Crippen LogP contribution in [0.2, 0.25) is 0 Å². The van der Waals surface area contributed by atoms with Crippen LogP contribution < -0.4 is 14.5 Å². The topological polar surface area (TPSA) is 33.5 Å². The van der Waals surface area contributed by atoms with E-state index in [0.29, 0.717) is 63.4 Å². The van der Waals surface area contributed by atoms with Crippen molar-refractivity contribution in [1.29, 1.82) is 0 Å². The quantitative estimate of drug-likeness (QED) is 0.161. The Hall–Kier alpha value is -7.11. The third kappa shape index (κ3) is 7.00. The summed E-state index contributed by atoms with van der Waals surface area (Å²) in [5.41, 5.74) is 9.00. The Balaban J connectivity index is 1.10. The van der Waals surface area contributed by atoms with Crippen molar-refractivity contribution in [1.82, 2.24) is 9.55 Å². The molecule has 300 valence electrons.